The van der Waals surface area contributed by atoms with Crippen LogP contribution in [0.15, 0.2) is 0 Å². The Morgan fingerprint density at radius 1 is 0.929 bits per heavy atom. The number of epoxide rings is 4. The lowest BCUT2D eigenvalue weighted by Gasteiger charge is -2.26. The molecule has 0 aromatic rings. The normalized spacial score (nSPS) is 42.4. The predicted molar refractivity (Wildman–Crippen MR) is 107 cm³/mol. The Kier molecular flexibility index (Phi) is 6.80. The van der Waals surface area contributed by atoms with Crippen molar-refractivity contribution < 1.29 is 28.4 Å². The van der Waals surface area contributed by atoms with Crippen molar-refractivity contribution in [2.24, 2.45) is 11.3 Å². The molecule has 6 atom stereocenters. The molecule has 1 aliphatic carbocycles. The minimum atomic E-state index is 0. The average molecular weight is 401 g/mol. The molecule has 6 unspecified atom stereocenters. The highest BCUT2D eigenvalue weighted by atomic mass is 16.6. The summed E-state index contributed by atoms with van der Waals surface area (Å²) in [7, 11) is 0. The van der Waals surface area contributed by atoms with E-state index >= 15 is 0 Å². The van der Waals surface area contributed by atoms with Crippen LogP contribution in [0.4, 0.5) is 0 Å². The molecular formula is C22H40O6. The summed E-state index contributed by atoms with van der Waals surface area (Å²) in [5, 5.41) is 0. The van der Waals surface area contributed by atoms with Gasteiger partial charge < -0.3 is 28.4 Å². The molecule has 6 heteroatoms. The molecule has 0 bridgehead atoms. The zero-order valence-corrected chi connectivity index (χ0v) is 17.3. The molecule has 5 aliphatic rings. The largest absolute Gasteiger partial charge is 0.378 e. The number of hydrogen-bond donors (Lipinski definition) is 0. The van der Waals surface area contributed by atoms with Crippen LogP contribution in [-0.4, -0.2) is 75.8 Å². The van der Waals surface area contributed by atoms with Crippen LogP contribution >= 0.6 is 0 Å². The average Bonchev–Trinajstić information content (AvgIpc) is 3.43. The van der Waals surface area contributed by atoms with E-state index in [-0.39, 0.29) is 24.0 Å². The molecule has 4 heterocycles. The number of fused-ring (bicyclic) bond motifs is 1. The summed E-state index contributed by atoms with van der Waals surface area (Å²) in [6, 6.07) is 0. The maximum Gasteiger partial charge on any atom is 0.104 e. The number of hydrogen-bond acceptors (Lipinski definition) is 6. The van der Waals surface area contributed by atoms with Crippen LogP contribution in [0.25, 0.3) is 0 Å². The van der Waals surface area contributed by atoms with Gasteiger partial charge in [-0.05, 0) is 39.0 Å². The smallest absolute Gasteiger partial charge is 0.104 e. The third-order valence-corrected chi connectivity index (χ3v) is 6.33. The maximum atomic E-state index is 5.66. The van der Waals surface area contributed by atoms with E-state index in [0.717, 1.165) is 52.2 Å². The molecule has 6 nitrogen and oxygen atoms in total. The van der Waals surface area contributed by atoms with Crippen molar-refractivity contribution >= 4 is 0 Å². The quantitative estimate of drug-likeness (QED) is 0.554. The number of ether oxygens (including phenoxy) is 6. The Hall–Kier alpha value is -0.240. The molecule has 5 rings (SSSR count). The highest BCUT2D eigenvalue weighted by Gasteiger charge is 2.60. The van der Waals surface area contributed by atoms with Gasteiger partial charge in [0.1, 0.15) is 12.2 Å². The van der Waals surface area contributed by atoms with Gasteiger partial charge in [0.25, 0.3) is 0 Å². The van der Waals surface area contributed by atoms with E-state index in [1.807, 2.05) is 0 Å². The van der Waals surface area contributed by atoms with Crippen molar-refractivity contribution in [1.29, 1.82) is 0 Å². The van der Waals surface area contributed by atoms with Crippen LogP contribution < -0.4 is 0 Å². The molecule has 0 spiro atoms. The van der Waals surface area contributed by atoms with Crippen LogP contribution in [0.5, 0.6) is 0 Å². The second kappa shape index (κ2) is 8.48. The summed E-state index contributed by atoms with van der Waals surface area (Å²) < 4.78 is 32.4. The third kappa shape index (κ3) is 6.38. The van der Waals surface area contributed by atoms with Gasteiger partial charge in [0.05, 0.1) is 63.6 Å². The lowest BCUT2D eigenvalue weighted by Crippen LogP contribution is -2.31. The van der Waals surface area contributed by atoms with Gasteiger partial charge in [-0.15, -0.1) is 0 Å². The maximum absolute atomic E-state index is 5.66. The van der Waals surface area contributed by atoms with Gasteiger partial charge in [0, 0.05) is 5.41 Å². The van der Waals surface area contributed by atoms with Crippen molar-refractivity contribution in [3.63, 3.8) is 0 Å². The Bertz CT molecular complexity index is 491. The molecule has 4 aliphatic heterocycles. The molecule has 0 aromatic heterocycles. The van der Waals surface area contributed by atoms with E-state index in [2.05, 4.69) is 27.7 Å². The van der Waals surface area contributed by atoms with Gasteiger partial charge >= 0.3 is 0 Å². The second-order valence-corrected chi connectivity index (χ2v) is 10.1. The highest BCUT2D eigenvalue weighted by Crippen LogP contribution is 2.54. The topological polar surface area (TPSA) is 68.6 Å². The summed E-state index contributed by atoms with van der Waals surface area (Å²) in [5.41, 5.74) is 0.529. The van der Waals surface area contributed by atoms with Gasteiger partial charge in [-0.1, -0.05) is 21.3 Å². The van der Waals surface area contributed by atoms with Crippen LogP contribution in [0.2, 0.25) is 0 Å². The zero-order valence-electron chi connectivity index (χ0n) is 17.3. The first-order valence-electron chi connectivity index (χ1n) is 10.5. The van der Waals surface area contributed by atoms with Gasteiger partial charge in [-0.2, -0.15) is 0 Å². The Labute approximate surface area is 170 Å². The molecule has 5 fully saturated rings. The summed E-state index contributed by atoms with van der Waals surface area (Å²) in [4.78, 5) is 0. The van der Waals surface area contributed by atoms with Crippen LogP contribution in [0.1, 0.15) is 54.4 Å². The first-order valence-corrected chi connectivity index (χ1v) is 10.5. The molecule has 4 saturated heterocycles. The van der Waals surface area contributed by atoms with E-state index in [4.69, 9.17) is 28.4 Å². The lowest BCUT2D eigenvalue weighted by atomic mass is 9.76. The lowest BCUT2D eigenvalue weighted by molar-refractivity contribution is -0.0101. The summed E-state index contributed by atoms with van der Waals surface area (Å²) in [5.74, 6) is 0.751. The SMILES string of the molecule is C.CC(C)(COCC1CO1)COCC1CO1.CC1(C2CCC3OC3(C)C2)CO1. The summed E-state index contributed by atoms with van der Waals surface area (Å²) >= 11 is 0. The van der Waals surface area contributed by atoms with E-state index in [9.17, 15) is 0 Å². The zero-order chi connectivity index (χ0) is 19.1. The summed E-state index contributed by atoms with van der Waals surface area (Å²) in [6.45, 7) is 14.3. The van der Waals surface area contributed by atoms with Crippen molar-refractivity contribution in [1.82, 2.24) is 0 Å². The molecule has 0 amide bonds. The molecular weight excluding hydrogens is 360 g/mol. The number of rotatable bonds is 9. The van der Waals surface area contributed by atoms with Gasteiger partial charge in [0.2, 0.25) is 0 Å². The minimum absolute atomic E-state index is 0. The fourth-order valence-corrected chi connectivity index (χ4v) is 3.95. The van der Waals surface area contributed by atoms with Gasteiger partial charge in [-0.25, -0.2) is 0 Å². The monoisotopic (exact) mass is 400 g/mol. The van der Waals surface area contributed by atoms with Crippen molar-refractivity contribution in [2.45, 2.75) is 83.9 Å². The first-order chi connectivity index (χ1) is 12.8. The predicted octanol–water partition coefficient (Wildman–Crippen LogP) is 3.21. The van der Waals surface area contributed by atoms with E-state index in [1.54, 1.807) is 0 Å². The van der Waals surface area contributed by atoms with Crippen LogP contribution in [-0.2, 0) is 28.4 Å². The van der Waals surface area contributed by atoms with E-state index < -0.39 is 0 Å². The minimum Gasteiger partial charge on any atom is -0.378 e. The van der Waals surface area contributed by atoms with Crippen LogP contribution in [0.3, 0.4) is 0 Å². The van der Waals surface area contributed by atoms with Crippen molar-refractivity contribution in [2.75, 3.05) is 46.2 Å². The molecule has 0 N–H and O–H groups in total. The van der Waals surface area contributed by atoms with E-state index in [0.29, 0.717) is 18.3 Å². The Morgan fingerprint density at radius 3 is 1.89 bits per heavy atom. The summed E-state index contributed by atoms with van der Waals surface area (Å²) in [6.07, 6.45) is 5.05. The fraction of sp³-hybridized carbons (Fsp3) is 1.00. The second-order valence-electron chi connectivity index (χ2n) is 10.1. The fourth-order valence-electron chi connectivity index (χ4n) is 3.95. The molecule has 0 radical (unpaired) electrons. The van der Waals surface area contributed by atoms with E-state index in [1.165, 1.54) is 19.3 Å². The third-order valence-electron chi connectivity index (χ3n) is 6.33. The standard InChI is InChI=1S/C11H20O4.C10H16O2.CH4/c1-11(2,7-12-3-9-5-14-9)8-13-4-10-6-15-10;1-9-5-7(10(2)6-11-10)3-4-8(9)12-9;/h9-10H,3-8H2,1-2H3;7-8H,3-6H2,1-2H3;1H4. The van der Waals surface area contributed by atoms with Crippen LogP contribution in [0, 0.1) is 11.3 Å². The molecule has 1 saturated carbocycles. The molecule has 164 valence electrons. The van der Waals surface area contributed by atoms with Gasteiger partial charge in [-0.3, -0.25) is 0 Å². The highest BCUT2D eigenvalue weighted by molar-refractivity contribution is 5.09. The van der Waals surface area contributed by atoms with Crippen molar-refractivity contribution in [3.05, 3.63) is 0 Å². The molecule has 0 aromatic carbocycles. The first kappa shape index (κ1) is 22.4. The Morgan fingerprint density at radius 2 is 1.46 bits per heavy atom. The van der Waals surface area contributed by atoms with Gasteiger partial charge in [0.15, 0.2) is 0 Å². The van der Waals surface area contributed by atoms with Crippen molar-refractivity contribution in [3.8, 4) is 0 Å². The molecule has 28 heavy (non-hydrogen) atoms. The Balaban J connectivity index is 0.000000158.